The fourth-order valence-corrected chi connectivity index (χ4v) is 8.10. The number of carbonyl (C=O) groups excluding carboxylic acids is 6. The molecule has 0 aromatic heterocycles. The van der Waals surface area contributed by atoms with E-state index >= 15 is 0 Å². The molecule has 0 saturated carbocycles. The molecule has 8 N–H and O–H groups in total. The number of rotatable bonds is 24. The smallest absolute Gasteiger partial charge is 0.411 e. The number of anilines is 3. The maximum absolute atomic E-state index is 14.0. The number of nitrogens with one attached hydrogen (secondary N) is 5. The summed E-state index contributed by atoms with van der Waals surface area (Å²) in [6, 6.07) is 9.17. The lowest BCUT2D eigenvalue weighted by Gasteiger charge is -2.25. The molecule has 2 fully saturated rings. The van der Waals surface area contributed by atoms with Gasteiger partial charge < -0.3 is 69.5 Å². The lowest BCUT2D eigenvalue weighted by atomic mass is 10.0. The molecule has 2 saturated heterocycles. The van der Waals surface area contributed by atoms with Gasteiger partial charge in [0.1, 0.15) is 25.3 Å². The van der Waals surface area contributed by atoms with Gasteiger partial charge in [0.05, 0.1) is 75.2 Å². The van der Waals surface area contributed by atoms with Gasteiger partial charge in [-0.15, -0.1) is 0 Å². The van der Waals surface area contributed by atoms with E-state index in [-0.39, 0.29) is 97.5 Å². The number of carboxylic acid groups (broad SMARTS) is 1. The van der Waals surface area contributed by atoms with Crippen molar-refractivity contribution in [3.05, 3.63) is 77.9 Å². The number of aliphatic hydroxyl groups is 2. The lowest BCUT2D eigenvalue weighted by molar-refractivity contribution is -0.128. The summed E-state index contributed by atoms with van der Waals surface area (Å²) in [7, 11) is 2.76. The first kappa shape index (κ1) is 56.1. The van der Waals surface area contributed by atoms with E-state index in [4.69, 9.17) is 28.4 Å². The number of benzene rings is 3. The first-order chi connectivity index (χ1) is 35.0. The van der Waals surface area contributed by atoms with Crippen LogP contribution in [0.4, 0.5) is 31.4 Å². The Morgan fingerprint density at radius 3 is 1.71 bits per heavy atom. The predicted molar refractivity (Wildman–Crippen MR) is 265 cm³/mol. The van der Waals surface area contributed by atoms with E-state index in [0.717, 1.165) is 0 Å². The summed E-state index contributed by atoms with van der Waals surface area (Å²) in [4.78, 5) is 93.6. The Hall–Kier alpha value is -7.79. The summed E-state index contributed by atoms with van der Waals surface area (Å²) in [5, 5.41) is 42.0. The maximum Gasteiger partial charge on any atom is 0.411 e. The van der Waals surface area contributed by atoms with Crippen LogP contribution in [0.25, 0.3) is 0 Å². The summed E-state index contributed by atoms with van der Waals surface area (Å²) < 4.78 is 33.6. The Kier molecular flexibility index (Phi) is 20.9. The van der Waals surface area contributed by atoms with Gasteiger partial charge >= 0.3 is 18.3 Å². The zero-order chi connectivity index (χ0) is 53.2. The fraction of sp³-hybridized carbons (Fsp3) is 0.460. The molecule has 4 unspecified atom stereocenters. The number of hydrogen-bond acceptors (Lipinski definition) is 15. The summed E-state index contributed by atoms with van der Waals surface area (Å²) in [5.74, 6) is -1.75. The Morgan fingerprint density at radius 2 is 1.23 bits per heavy atom. The highest BCUT2D eigenvalue weighted by Gasteiger charge is 2.34. The van der Waals surface area contributed by atoms with Crippen molar-refractivity contribution in [3.63, 3.8) is 0 Å². The molecule has 2 heterocycles. The summed E-state index contributed by atoms with van der Waals surface area (Å²) in [5.41, 5.74) is 1.00. The molecule has 7 amide bonds. The zero-order valence-corrected chi connectivity index (χ0v) is 41.5. The van der Waals surface area contributed by atoms with E-state index in [0.29, 0.717) is 50.0 Å². The number of ether oxygens (including phenoxy) is 6. The highest BCUT2D eigenvalue weighted by atomic mass is 16.6. The van der Waals surface area contributed by atoms with Crippen LogP contribution in [0.3, 0.4) is 0 Å². The number of methoxy groups -OCH3 is 2. The number of hydrogen-bond donors (Lipinski definition) is 8. The third-order valence-corrected chi connectivity index (χ3v) is 11.9. The molecule has 73 heavy (non-hydrogen) atoms. The summed E-state index contributed by atoms with van der Waals surface area (Å²) in [6.07, 6.45) is 1.08. The van der Waals surface area contributed by atoms with Crippen LogP contribution in [0.2, 0.25) is 0 Å². The van der Waals surface area contributed by atoms with E-state index < -0.39 is 66.1 Å². The SMILES string of the molecule is C=CCOC(=O)NC(C(=O)NC(C)C(=O)Nc1ccc(COC(=O)Nc2cc(OCCCOc3cc(NC(=O)O)c(C(=O)N4CCCC4CO)cc3OC)c(OC)cc2C(=O)N2CCCC2CO)cc1)C(C)C. The van der Waals surface area contributed by atoms with E-state index in [1.54, 1.807) is 38.1 Å². The van der Waals surface area contributed by atoms with Gasteiger partial charge in [0.15, 0.2) is 23.0 Å². The minimum atomic E-state index is -1.40. The highest BCUT2D eigenvalue weighted by molar-refractivity contribution is 6.05. The molecule has 23 nitrogen and oxygen atoms in total. The Morgan fingerprint density at radius 1 is 0.699 bits per heavy atom. The third kappa shape index (κ3) is 15.4. The number of nitrogens with zero attached hydrogens (tertiary/aromatic N) is 2. The van der Waals surface area contributed by atoms with Crippen LogP contribution >= 0.6 is 0 Å². The fourth-order valence-electron chi connectivity index (χ4n) is 8.10. The van der Waals surface area contributed by atoms with Gasteiger partial charge in [-0.05, 0) is 68.4 Å². The van der Waals surface area contributed by atoms with Crippen molar-refractivity contribution >= 4 is 59.0 Å². The van der Waals surface area contributed by atoms with Crippen molar-refractivity contribution < 1.29 is 77.3 Å². The van der Waals surface area contributed by atoms with Crippen molar-refractivity contribution in [2.75, 3.05) is 76.3 Å². The van der Waals surface area contributed by atoms with Gasteiger partial charge in [0.2, 0.25) is 11.8 Å². The van der Waals surface area contributed by atoms with Crippen LogP contribution < -0.4 is 45.5 Å². The van der Waals surface area contributed by atoms with Crippen molar-refractivity contribution in [2.45, 2.75) is 83.6 Å². The van der Waals surface area contributed by atoms with E-state index in [9.17, 15) is 48.9 Å². The molecule has 0 bridgehead atoms. The molecule has 0 aliphatic carbocycles. The normalized spacial score (nSPS) is 15.8. The van der Waals surface area contributed by atoms with E-state index in [1.165, 1.54) is 61.3 Å². The monoisotopic (exact) mass is 1020 g/mol. The van der Waals surface area contributed by atoms with Gasteiger partial charge in [-0.1, -0.05) is 38.6 Å². The third-order valence-electron chi connectivity index (χ3n) is 11.9. The van der Waals surface area contributed by atoms with Gasteiger partial charge in [-0.3, -0.25) is 29.8 Å². The largest absolute Gasteiger partial charge is 0.493 e. The van der Waals surface area contributed by atoms with Gasteiger partial charge in [-0.25, -0.2) is 14.4 Å². The van der Waals surface area contributed by atoms with Crippen LogP contribution in [-0.2, 0) is 25.7 Å². The molecule has 2 aliphatic rings. The van der Waals surface area contributed by atoms with Crippen molar-refractivity contribution in [3.8, 4) is 23.0 Å². The summed E-state index contributed by atoms with van der Waals surface area (Å²) >= 11 is 0. The van der Waals surface area contributed by atoms with E-state index in [2.05, 4.69) is 33.2 Å². The number of amides is 7. The molecule has 0 spiro atoms. The second-order valence-corrected chi connectivity index (χ2v) is 17.4. The lowest BCUT2D eigenvalue weighted by Crippen LogP contribution is -2.53. The van der Waals surface area contributed by atoms with Gasteiger partial charge in [0.25, 0.3) is 11.8 Å². The number of aliphatic hydroxyl groups excluding tert-OH is 2. The van der Waals surface area contributed by atoms with Crippen LogP contribution in [0.1, 0.15) is 79.2 Å². The second kappa shape index (κ2) is 27.1. The Labute approximate surface area is 422 Å². The minimum Gasteiger partial charge on any atom is -0.493 e. The maximum atomic E-state index is 14.0. The van der Waals surface area contributed by atoms with Crippen LogP contribution in [-0.4, -0.2) is 152 Å². The molecular formula is C50H65N7O16. The molecule has 396 valence electrons. The molecule has 2 aliphatic heterocycles. The molecule has 4 atom stereocenters. The molecule has 23 heteroatoms. The standard InChI is InChI=1S/C50H65N7O16/c1-7-19-72-50(67)55-43(29(2)3)45(61)51-30(4)44(60)52-32-15-13-31(14-16-32)28-73-49(66)54-38-25-42(40(69-6)23-36(38)47(63)57-18-9-12-34(57)27-59)71-21-10-20-70-41-24-37(53-48(64)65)35(22-39(41)68-5)46(62)56-17-8-11-33(56)26-58/h7,13-16,22-25,29-30,33-34,43,53,58-59H,1,8-12,17-21,26-28H2,2-6H3,(H,51,61)(H,52,60)(H,54,66)(H,55,67)(H,64,65). The Bertz CT molecular complexity index is 2450. The number of carbonyl (C=O) groups is 7. The van der Waals surface area contributed by atoms with Crippen molar-refractivity contribution in [2.24, 2.45) is 5.92 Å². The molecular weight excluding hydrogens is 955 g/mol. The topological polar surface area (TPSA) is 302 Å². The average Bonchev–Trinajstić information content (AvgIpc) is 4.07. The minimum absolute atomic E-state index is 0.0255. The van der Waals surface area contributed by atoms with Gasteiger partial charge in [0, 0.05) is 37.3 Å². The molecule has 0 radical (unpaired) electrons. The quantitative estimate of drug-likeness (QED) is 0.0434. The average molecular weight is 1020 g/mol. The molecule has 3 aromatic carbocycles. The van der Waals surface area contributed by atoms with Crippen molar-refractivity contribution in [1.82, 2.24) is 20.4 Å². The van der Waals surface area contributed by atoms with Crippen LogP contribution in [0.15, 0.2) is 61.2 Å². The number of likely N-dealkylation sites (tertiary alicyclic amines) is 2. The number of alkyl carbamates (subject to hydrolysis) is 1. The second-order valence-electron chi connectivity index (χ2n) is 17.4. The van der Waals surface area contributed by atoms with Crippen molar-refractivity contribution in [1.29, 1.82) is 0 Å². The molecule has 5 rings (SSSR count). The zero-order valence-electron chi connectivity index (χ0n) is 41.5. The van der Waals surface area contributed by atoms with Crippen LogP contribution in [0.5, 0.6) is 23.0 Å². The first-order valence-corrected chi connectivity index (χ1v) is 23.7. The highest BCUT2D eigenvalue weighted by Crippen LogP contribution is 2.37. The Balaban J connectivity index is 1.22. The van der Waals surface area contributed by atoms with Crippen LogP contribution in [0, 0.1) is 5.92 Å². The molecule has 3 aromatic rings. The first-order valence-electron chi connectivity index (χ1n) is 23.7. The van der Waals surface area contributed by atoms with Gasteiger partial charge in [-0.2, -0.15) is 0 Å². The predicted octanol–water partition coefficient (Wildman–Crippen LogP) is 4.96. The van der Waals surface area contributed by atoms with E-state index in [1.807, 2.05) is 0 Å². The summed E-state index contributed by atoms with van der Waals surface area (Å²) in [6.45, 7) is 8.52.